The van der Waals surface area contributed by atoms with Gasteiger partial charge in [-0.2, -0.15) is 0 Å². The summed E-state index contributed by atoms with van der Waals surface area (Å²) in [6.45, 7) is 0.927. The molecular weight excluding hydrogens is 217 g/mol. The molecule has 0 amide bonds. The average Bonchev–Trinajstić information content (AvgIpc) is 2.74. The summed E-state index contributed by atoms with van der Waals surface area (Å²) >= 11 is 5.66. The van der Waals surface area contributed by atoms with Crippen molar-refractivity contribution in [3.63, 3.8) is 0 Å². The van der Waals surface area contributed by atoms with E-state index in [1.165, 1.54) is 12.1 Å². The molecule has 1 aromatic carbocycles. The highest BCUT2D eigenvalue weighted by atomic mass is 35.5. The molecule has 82 valence electrons. The zero-order chi connectivity index (χ0) is 10.8. The average molecular weight is 230 g/mol. The maximum atomic E-state index is 12.9. The molecule has 1 aromatic rings. The first kappa shape index (κ1) is 10.9. The van der Waals surface area contributed by atoms with Gasteiger partial charge in [-0.25, -0.2) is 4.39 Å². The van der Waals surface area contributed by atoms with E-state index >= 15 is 0 Å². The van der Waals surface area contributed by atoms with Crippen LogP contribution < -0.4 is 5.32 Å². The van der Waals surface area contributed by atoms with Crippen LogP contribution in [-0.2, 0) is 0 Å². The van der Waals surface area contributed by atoms with Crippen molar-refractivity contribution in [1.29, 1.82) is 0 Å². The lowest BCUT2D eigenvalue weighted by atomic mass is 10.0. The quantitative estimate of drug-likeness (QED) is 0.816. The summed E-state index contributed by atoms with van der Waals surface area (Å²) in [5.74, 6) is -0.452. The second-order valence-electron chi connectivity index (χ2n) is 3.82. The highest BCUT2D eigenvalue weighted by Gasteiger charge is 2.24. The van der Waals surface area contributed by atoms with Gasteiger partial charge >= 0.3 is 0 Å². The molecule has 1 saturated heterocycles. The third-order valence-electron chi connectivity index (χ3n) is 2.76. The van der Waals surface area contributed by atoms with Crippen LogP contribution in [-0.4, -0.2) is 17.7 Å². The first-order valence-electron chi connectivity index (χ1n) is 5.05. The van der Waals surface area contributed by atoms with E-state index in [9.17, 15) is 9.50 Å². The number of aliphatic hydroxyl groups excluding tert-OH is 1. The number of hydrogen-bond acceptors (Lipinski definition) is 2. The van der Waals surface area contributed by atoms with Gasteiger partial charge in [0.05, 0.1) is 11.1 Å². The Labute approximate surface area is 93.1 Å². The summed E-state index contributed by atoms with van der Waals surface area (Å²) in [6, 6.07) is 4.41. The SMILES string of the molecule is OC(c1ccc(F)c(Cl)c1)C1CCCN1. The van der Waals surface area contributed by atoms with Crippen molar-refractivity contribution < 1.29 is 9.50 Å². The van der Waals surface area contributed by atoms with Gasteiger partial charge in [0.15, 0.2) is 0 Å². The van der Waals surface area contributed by atoms with Gasteiger partial charge in [-0.3, -0.25) is 0 Å². The molecule has 0 aromatic heterocycles. The van der Waals surface area contributed by atoms with Gasteiger partial charge in [-0.15, -0.1) is 0 Å². The van der Waals surface area contributed by atoms with Crippen LogP contribution in [0.15, 0.2) is 18.2 Å². The number of rotatable bonds is 2. The monoisotopic (exact) mass is 229 g/mol. The molecule has 2 atom stereocenters. The van der Waals surface area contributed by atoms with Crippen LogP contribution in [0, 0.1) is 5.82 Å². The Morgan fingerprint density at radius 2 is 2.33 bits per heavy atom. The molecular formula is C11H13ClFNO. The predicted molar refractivity (Wildman–Crippen MR) is 57.4 cm³/mol. The van der Waals surface area contributed by atoms with Gasteiger partial charge < -0.3 is 10.4 Å². The topological polar surface area (TPSA) is 32.3 Å². The van der Waals surface area contributed by atoms with Crippen LogP contribution in [0.2, 0.25) is 5.02 Å². The molecule has 1 aliphatic heterocycles. The minimum absolute atomic E-state index is 0.0598. The summed E-state index contributed by atoms with van der Waals surface area (Å²) in [6.07, 6.45) is 1.40. The van der Waals surface area contributed by atoms with Crippen molar-refractivity contribution >= 4 is 11.6 Å². The maximum Gasteiger partial charge on any atom is 0.141 e. The molecule has 2 unspecified atom stereocenters. The third kappa shape index (κ3) is 2.30. The molecule has 2 N–H and O–H groups in total. The fourth-order valence-electron chi connectivity index (χ4n) is 1.91. The molecule has 1 heterocycles. The zero-order valence-corrected chi connectivity index (χ0v) is 8.97. The lowest BCUT2D eigenvalue weighted by Crippen LogP contribution is -2.28. The number of hydrogen-bond donors (Lipinski definition) is 2. The van der Waals surface area contributed by atoms with E-state index in [0.29, 0.717) is 5.56 Å². The van der Waals surface area contributed by atoms with Crippen LogP contribution in [0.25, 0.3) is 0 Å². The smallest absolute Gasteiger partial charge is 0.141 e. The van der Waals surface area contributed by atoms with E-state index < -0.39 is 11.9 Å². The predicted octanol–water partition coefficient (Wildman–Crippen LogP) is 2.26. The van der Waals surface area contributed by atoms with Crippen LogP contribution in [0.4, 0.5) is 4.39 Å². The van der Waals surface area contributed by atoms with Crippen molar-refractivity contribution in [3.8, 4) is 0 Å². The van der Waals surface area contributed by atoms with Gasteiger partial charge in [0.2, 0.25) is 0 Å². The largest absolute Gasteiger partial charge is 0.387 e. The van der Waals surface area contributed by atoms with Crippen molar-refractivity contribution in [2.45, 2.75) is 25.0 Å². The van der Waals surface area contributed by atoms with E-state index in [4.69, 9.17) is 11.6 Å². The van der Waals surface area contributed by atoms with Gasteiger partial charge in [-0.1, -0.05) is 17.7 Å². The first-order chi connectivity index (χ1) is 7.18. The standard InChI is InChI=1S/C11H13ClFNO/c12-8-6-7(3-4-9(8)13)11(15)10-2-1-5-14-10/h3-4,6,10-11,14-15H,1-2,5H2. The number of halogens is 2. The lowest BCUT2D eigenvalue weighted by Gasteiger charge is -2.18. The molecule has 0 bridgehead atoms. The first-order valence-corrected chi connectivity index (χ1v) is 5.42. The summed E-state index contributed by atoms with van der Waals surface area (Å²) in [5, 5.41) is 13.3. The highest BCUT2D eigenvalue weighted by molar-refractivity contribution is 6.30. The fraction of sp³-hybridized carbons (Fsp3) is 0.455. The molecule has 0 radical (unpaired) electrons. The Morgan fingerprint density at radius 1 is 1.53 bits per heavy atom. The zero-order valence-electron chi connectivity index (χ0n) is 8.21. The molecule has 0 spiro atoms. The summed E-state index contributed by atoms with van der Waals surface area (Å²) in [7, 11) is 0. The van der Waals surface area contributed by atoms with Crippen molar-refractivity contribution in [2.24, 2.45) is 0 Å². The Hall–Kier alpha value is -0.640. The second kappa shape index (κ2) is 4.47. The molecule has 0 aliphatic carbocycles. The minimum atomic E-state index is -0.606. The summed E-state index contributed by atoms with van der Waals surface area (Å²) < 4.78 is 12.9. The van der Waals surface area contributed by atoms with Crippen LogP contribution in [0.3, 0.4) is 0 Å². The van der Waals surface area contributed by atoms with Gasteiger partial charge in [0, 0.05) is 6.04 Å². The second-order valence-corrected chi connectivity index (χ2v) is 4.23. The number of aliphatic hydroxyl groups is 1. The fourth-order valence-corrected chi connectivity index (χ4v) is 2.10. The Balaban J connectivity index is 2.17. The van der Waals surface area contributed by atoms with E-state index in [1.54, 1.807) is 6.07 Å². The highest BCUT2D eigenvalue weighted by Crippen LogP contribution is 2.26. The molecule has 1 fully saturated rings. The van der Waals surface area contributed by atoms with Crippen molar-refractivity contribution in [1.82, 2.24) is 5.32 Å². The van der Waals surface area contributed by atoms with Crippen LogP contribution >= 0.6 is 11.6 Å². The van der Waals surface area contributed by atoms with Crippen molar-refractivity contribution in [2.75, 3.05) is 6.54 Å². The Morgan fingerprint density at radius 3 is 2.93 bits per heavy atom. The van der Waals surface area contributed by atoms with E-state index in [-0.39, 0.29) is 11.1 Å². The molecule has 4 heteroatoms. The molecule has 2 nitrogen and oxygen atoms in total. The van der Waals surface area contributed by atoms with E-state index in [2.05, 4.69) is 5.32 Å². The van der Waals surface area contributed by atoms with Gasteiger partial charge in [0.25, 0.3) is 0 Å². The molecule has 0 saturated carbocycles. The minimum Gasteiger partial charge on any atom is -0.387 e. The van der Waals surface area contributed by atoms with Crippen LogP contribution in [0.5, 0.6) is 0 Å². The molecule has 1 aliphatic rings. The van der Waals surface area contributed by atoms with Crippen LogP contribution in [0.1, 0.15) is 24.5 Å². The van der Waals surface area contributed by atoms with Gasteiger partial charge in [-0.05, 0) is 37.1 Å². The molecule has 2 rings (SSSR count). The number of benzene rings is 1. The lowest BCUT2D eigenvalue weighted by molar-refractivity contribution is 0.137. The molecule has 15 heavy (non-hydrogen) atoms. The third-order valence-corrected chi connectivity index (χ3v) is 3.05. The van der Waals surface area contributed by atoms with Crippen molar-refractivity contribution in [3.05, 3.63) is 34.6 Å². The summed E-state index contributed by atoms with van der Waals surface area (Å²) in [5.41, 5.74) is 0.667. The summed E-state index contributed by atoms with van der Waals surface area (Å²) in [4.78, 5) is 0. The maximum absolute atomic E-state index is 12.9. The Bertz CT molecular complexity index is 352. The number of nitrogens with one attached hydrogen (secondary N) is 1. The van der Waals surface area contributed by atoms with E-state index in [1.807, 2.05) is 0 Å². The Kier molecular flexibility index (Phi) is 3.24. The van der Waals surface area contributed by atoms with Gasteiger partial charge in [0.1, 0.15) is 5.82 Å². The van der Waals surface area contributed by atoms with E-state index in [0.717, 1.165) is 19.4 Å². The normalized spacial score (nSPS) is 23.0.